The maximum atomic E-state index is 11.5. The number of ether oxygens (including phenoxy) is 1. The number of hydrogen-bond donors (Lipinski definition) is 2. The van der Waals surface area contributed by atoms with E-state index in [1.165, 1.54) is 6.33 Å². The highest BCUT2D eigenvalue weighted by molar-refractivity contribution is 5.76. The lowest BCUT2D eigenvalue weighted by molar-refractivity contribution is -0.122. The molecule has 90 valence electrons. The number of methoxy groups -OCH3 is 1. The third-order valence-electron chi connectivity index (χ3n) is 2.00. The van der Waals surface area contributed by atoms with Gasteiger partial charge in [-0.1, -0.05) is 0 Å². The summed E-state index contributed by atoms with van der Waals surface area (Å²) in [5.41, 5.74) is 0.553. The highest BCUT2D eigenvalue weighted by Gasteiger charge is 2.07. The number of aliphatic hydroxyl groups is 1. The molecule has 1 unspecified atom stereocenters. The molecule has 2 N–H and O–H groups in total. The third kappa shape index (κ3) is 4.00. The van der Waals surface area contributed by atoms with Gasteiger partial charge in [0.2, 0.25) is 5.91 Å². The van der Waals surface area contributed by atoms with Gasteiger partial charge in [0.25, 0.3) is 0 Å². The van der Waals surface area contributed by atoms with E-state index < -0.39 is 0 Å². The van der Waals surface area contributed by atoms with E-state index in [-0.39, 0.29) is 25.1 Å². The van der Waals surface area contributed by atoms with Crippen molar-refractivity contribution in [3.63, 3.8) is 0 Å². The van der Waals surface area contributed by atoms with Gasteiger partial charge in [-0.3, -0.25) is 4.79 Å². The minimum atomic E-state index is -0.116. The van der Waals surface area contributed by atoms with Gasteiger partial charge in [-0.15, -0.1) is 0 Å². The Morgan fingerprint density at radius 3 is 3.06 bits per heavy atom. The summed E-state index contributed by atoms with van der Waals surface area (Å²) in [5, 5.41) is 11.6. The number of rotatable bonds is 6. The molecule has 1 amide bonds. The number of amides is 1. The van der Waals surface area contributed by atoms with Gasteiger partial charge < -0.3 is 19.7 Å². The fourth-order valence-electron chi connectivity index (χ4n) is 1.35. The number of aromatic nitrogens is 2. The van der Waals surface area contributed by atoms with Crippen LogP contribution >= 0.6 is 0 Å². The summed E-state index contributed by atoms with van der Waals surface area (Å²) in [7, 11) is 1.59. The molecule has 0 aliphatic rings. The maximum Gasteiger partial charge on any atom is 0.240 e. The molecule has 6 heteroatoms. The van der Waals surface area contributed by atoms with Crippen LogP contribution in [0.3, 0.4) is 0 Å². The highest BCUT2D eigenvalue weighted by Crippen LogP contribution is 1.95. The lowest BCUT2D eigenvalue weighted by Gasteiger charge is -2.12. The van der Waals surface area contributed by atoms with E-state index in [4.69, 9.17) is 9.84 Å². The molecular formula is C10H17N3O3. The van der Waals surface area contributed by atoms with Gasteiger partial charge in [-0.2, -0.15) is 0 Å². The molecule has 0 saturated heterocycles. The number of aliphatic hydroxyl groups excluding tert-OH is 1. The third-order valence-corrected chi connectivity index (χ3v) is 2.00. The van der Waals surface area contributed by atoms with E-state index in [9.17, 15) is 4.79 Å². The van der Waals surface area contributed by atoms with E-state index in [1.807, 2.05) is 6.92 Å². The number of imidazole rings is 1. The van der Waals surface area contributed by atoms with Crippen LogP contribution < -0.4 is 5.32 Å². The van der Waals surface area contributed by atoms with Crippen LogP contribution in [-0.4, -0.2) is 40.3 Å². The monoisotopic (exact) mass is 227 g/mol. The quantitative estimate of drug-likeness (QED) is 0.688. The van der Waals surface area contributed by atoms with Crippen LogP contribution in [0, 0.1) is 0 Å². The van der Waals surface area contributed by atoms with Gasteiger partial charge in [-0.05, 0) is 6.92 Å². The normalized spacial score (nSPS) is 12.4. The van der Waals surface area contributed by atoms with E-state index in [1.54, 1.807) is 17.9 Å². The van der Waals surface area contributed by atoms with Gasteiger partial charge in [0.1, 0.15) is 6.54 Å². The summed E-state index contributed by atoms with van der Waals surface area (Å²) in [5.74, 6) is -0.105. The van der Waals surface area contributed by atoms with Crippen molar-refractivity contribution in [3.05, 3.63) is 18.2 Å². The topological polar surface area (TPSA) is 76.4 Å². The van der Waals surface area contributed by atoms with Crippen LogP contribution in [0.2, 0.25) is 0 Å². The Labute approximate surface area is 94.2 Å². The number of carbonyl (C=O) groups excluding carboxylic acids is 1. The summed E-state index contributed by atoms with van der Waals surface area (Å²) in [6.07, 6.45) is 3.16. The van der Waals surface area contributed by atoms with Gasteiger partial charge in [-0.25, -0.2) is 4.98 Å². The first kappa shape index (κ1) is 12.7. The van der Waals surface area contributed by atoms with Crippen LogP contribution in [0.4, 0.5) is 0 Å². The van der Waals surface area contributed by atoms with Crippen molar-refractivity contribution in [1.82, 2.24) is 14.9 Å². The first-order chi connectivity index (χ1) is 7.65. The lowest BCUT2D eigenvalue weighted by atomic mass is 10.3. The zero-order valence-corrected chi connectivity index (χ0v) is 9.51. The summed E-state index contributed by atoms with van der Waals surface area (Å²) < 4.78 is 6.53. The van der Waals surface area contributed by atoms with Crippen molar-refractivity contribution >= 4 is 5.91 Å². The van der Waals surface area contributed by atoms with Crippen LogP contribution in [-0.2, 0) is 22.7 Å². The fourth-order valence-corrected chi connectivity index (χ4v) is 1.35. The van der Waals surface area contributed by atoms with Gasteiger partial charge in [0.15, 0.2) is 0 Å². The second-order valence-electron chi connectivity index (χ2n) is 3.62. The molecule has 1 rings (SSSR count). The molecule has 1 aromatic heterocycles. The fraction of sp³-hybridized carbons (Fsp3) is 0.600. The molecule has 0 fully saturated rings. The molecule has 1 atom stereocenters. The number of hydrogen-bond acceptors (Lipinski definition) is 4. The minimum Gasteiger partial charge on any atom is -0.390 e. The molecule has 0 saturated carbocycles. The number of carbonyl (C=O) groups is 1. The largest absolute Gasteiger partial charge is 0.390 e. The Morgan fingerprint density at radius 2 is 2.50 bits per heavy atom. The Kier molecular flexibility index (Phi) is 4.94. The molecule has 0 aliphatic carbocycles. The summed E-state index contributed by atoms with van der Waals surface area (Å²) in [4.78, 5) is 15.4. The number of nitrogens with one attached hydrogen (secondary N) is 1. The summed E-state index contributed by atoms with van der Waals surface area (Å²) in [6.45, 7) is 2.43. The van der Waals surface area contributed by atoms with E-state index in [0.717, 1.165) is 0 Å². The van der Waals surface area contributed by atoms with E-state index >= 15 is 0 Å². The molecular weight excluding hydrogens is 210 g/mol. The smallest absolute Gasteiger partial charge is 0.240 e. The minimum absolute atomic E-state index is 0.0154. The van der Waals surface area contributed by atoms with Crippen LogP contribution in [0.1, 0.15) is 12.6 Å². The van der Waals surface area contributed by atoms with Crippen molar-refractivity contribution in [3.8, 4) is 0 Å². The van der Waals surface area contributed by atoms with E-state index in [0.29, 0.717) is 12.3 Å². The van der Waals surface area contributed by atoms with Gasteiger partial charge >= 0.3 is 0 Å². The van der Waals surface area contributed by atoms with Gasteiger partial charge in [0, 0.05) is 19.3 Å². The molecule has 1 heterocycles. The lowest BCUT2D eigenvalue weighted by Crippen LogP contribution is -2.37. The molecule has 0 spiro atoms. The van der Waals surface area contributed by atoms with Gasteiger partial charge in [0.05, 0.1) is 25.2 Å². The zero-order valence-electron chi connectivity index (χ0n) is 9.51. The molecule has 0 aromatic carbocycles. The van der Waals surface area contributed by atoms with Crippen molar-refractivity contribution in [2.45, 2.75) is 26.1 Å². The summed E-state index contributed by atoms with van der Waals surface area (Å²) >= 11 is 0. The van der Waals surface area contributed by atoms with Crippen LogP contribution in [0.5, 0.6) is 0 Å². The van der Waals surface area contributed by atoms with Crippen LogP contribution in [0.25, 0.3) is 0 Å². The summed E-state index contributed by atoms with van der Waals surface area (Å²) in [6, 6.07) is -0.0154. The molecule has 0 bridgehead atoms. The Hall–Kier alpha value is -1.40. The predicted molar refractivity (Wildman–Crippen MR) is 57.6 cm³/mol. The molecule has 6 nitrogen and oxygen atoms in total. The Bertz CT molecular complexity index is 338. The van der Waals surface area contributed by atoms with Crippen LogP contribution in [0.15, 0.2) is 12.5 Å². The maximum absolute atomic E-state index is 11.5. The Morgan fingerprint density at radius 1 is 1.75 bits per heavy atom. The zero-order chi connectivity index (χ0) is 12.0. The van der Waals surface area contributed by atoms with Crippen molar-refractivity contribution in [2.24, 2.45) is 0 Å². The van der Waals surface area contributed by atoms with E-state index in [2.05, 4.69) is 10.3 Å². The van der Waals surface area contributed by atoms with Crippen molar-refractivity contribution in [2.75, 3.05) is 13.7 Å². The average molecular weight is 227 g/mol. The second-order valence-corrected chi connectivity index (χ2v) is 3.62. The standard InChI is InChI=1S/C10H17N3O3/c1-8(6-16-2)12-10(15)4-13-3-9(5-14)11-7-13/h3,7-8,14H,4-6H2,1-2H3,(H,12,15). The molecule has 16 heavy (non-hydrogen) atoms. The first-order valence-corrected chi connectivity index (χ1v) is 5.05. The second kappa shape index (κ2) is 6.24. The van der Waals surface area contributed by atoms with Crippen molar-refractivity contribution in [1.29, 1.82) is 0 Å². The number of nitrogens with zero attached hydrogens (tertiary/aromatic N) is 2. The average Bonchev–Trinajstić information content (AvgIpc) is 2.65. The highest BCUT2D eigenvalue weighted by atomic mass is 16.5. The first-order valence-electron chi connectivity index (χ1n) is 5.05. The predicted octanol–water partition coefficient (Wildman–Crippen LogP) is -0.473. The SMILES string of the molecule is COCC(C)NC(=O)Cn1cnc(CO)c1. The molecule has 1 aromatic rings. The Balaban J connectivity index is 2.39. The van der Waals surface area contributed by atoms with Crippen molar-refractivity contribution < 1.29 is 14.6 Å². The molecule has 0 radical (unpaired) electrons. The molecule has 0 aliphatic heterocycles.